The summed E-state index contributed by atoms with van der Waals surface area (Å²) in [5.41, 5.74) is 3.81. The summed E-state index contributed by atoms with van der Waals surface area (Å²) in [7, 11) is 0. The number of hydrogen-bond acceptors (Lipinski definition) is 4. The molecular formula is C28H34N2O5. The number of aliphatic carboxylic acids is 1. The number of carbonyl (C=O) groups excluding carboxylic acids is 2. The molecule has 1 fully saturated rings. The van der Waals surface area contributed by atoms with E-state index in [-0.39, 0.29) is 30.4 Å². The Bertz CT molecular complexity index is 1050. The molecule has 35 heavy (non-hydrogen) atoms. The van der Waals surface area contributed by atoms with Crippen LogP contribution in [-0.2, 0) is 14.3 Å². The van der Waals surface area contributed by atoms with Gasteiger partial charge in [-0.25, -0.2) is 4.79 Å². The van der Waals surface area contributed by atoms with E-state index in [2.05, 4.69) is 34.9 Å². The Morgan fingerprint density at radius 2 is 1.71 bits per heavy atom. The molecule has 3 atom stereocenters. The van der Waals surface area contributed by atoms with Crippen LogP contribution in [0.15, 0.2) is 48.5 Å². The molecular weight excluding hydrogens is 444 g/mol. The quantitative estimate of drug-likeness (QED) is 0.485. The number of benzene rings is 2. The lowest BCUT2D eigenvalue weighted by molar-refractivity contribution is -0.149. The lowest BCUT2D eigenvalue weighted by Crippen LogP contribution is -2.47. The summed E-state index contributed by atoms with van der Waals surface area (Å²) in [6, 6.07) is 16.1. The number of amides is 2. The van der Waals surface area contributed by atoms with Crippen molar-refractivity contribution >= 4 is 18.0 Å². The smallest absolute Gasteiger partial charge is 0.407 e. The highest BCUT2D eigenvalue weighted by Crippen LogP contribution is 2.44. The third-order valence-electron chi connectivity index (χ3n) is 7.58. The Balaban J connectivity index is 1.20. The van der Waals surface area contributed by atoms with Gasteiger partial charge in [-0.05, 0) is 54.4 Å². The van der Waals surface area contributed by atoms with Gasteiger partial charge in [0.1, 0.15) is 6.61 Å². The van der Waals surface area contributed by atoms with E-state index < -0.39 is 17.5 Å². The number of alkyl carbamates (subject to hydrolysis) is 1. The summed E-state index contributed by atoms with van der Waals surface area (Å²) < 4.78 is 5.56. The van der Waals surface area contributed by atoms with Crippen molar-refractivity contribution in [3.63, 3.8) is 0 Å². The molecule has 7 heteroatoms. The predicted molar refractivity (Wildman–Crippen MR) is 133 cm³/mol. The number of rotatable bonds is 9. The minimum Gasteiger partial charge on any atom is -0.481 e. The van der Waals surface area contributed by atoms with Gasteiger partial charge >= 0.3 is 12.1 Å². The van der Waals surface area contributed by atoms with E-state index in [9.17, 15) is 19.5 Å². The van der Waals surface area contributed by atoms with Gasteiger partial charge in [-0.1, -0.05) is 61.9 Å². The second kappa shape index (κ2) is 10.5. The largest absolute Gasteiger partial charge is 0.481 e. The average molecular weight is 479 g/mol. The fourth-order valence-electron chi connectivity index (χ4n) is 5.31. The average Bonchev–Trinajstić information content (AvgIpc) is 3.38. The number of nitrogens with one attached hydrogen (secondary N) is 2. The molecule has 3 N–H and O–H groups in total. The minimum atomic E-state index is -0.896. The van der Waals surface area contributed by atoms with Gasteiger partial charge in [-0.2, -0.15) is 0 Å². The molecule has 0 aliphatic heterocycles. The molecule has 2 aromatic carbocycles. The third-order valence-corrected chi connectivity index (χ3v) is 7.58. The first-order valence-corrected chi connectivity index (χ1v) is 12.4. The highest BCUT2D eigenvalue weighted by atomic mass is 16.5. The molecule has 0 spiro atoms. The monoisotopic (exact) mass is 478 g/mol. The number of ether oxygens (including phenoxy) is 1. The van der Waals surface area contributed by atoms with Gasteiger partial charge in [-0.3, -0.25) is 9.59 Å². The molecule has 186 valence electrons. The highest BCUT2D eigenvalue weighted by Gasteiger charge is 2.45. The first kappa shape index (κ1) is 24.8. The van der Waals surface area contributed by atoms with Gasteiger partial charge < -0.3 is 20.5 Å². The first-order chi connectivity index (χ1) is 16.8. The maximum Gasteiger partial charge on any atom is 0.407 e. The fraction of sp³-hybridized carbons (Fsp3) is 0.464. The van der Waals surface area contributed by atoms with Crippen LogP contribution in [0, 0.1) is 11.3 Å². The van der Waals surface area contributed by atoms with Crippen LogP contribution in [0.3, 0.4) is 0 Å². The topological polar surface area (TPSA) is 105 Å². The first-order valence-electron chi connectivity index (χ1n) is 12.4. The molecule has 1 saturated carbocycles. The molecule has 0 heterocycles. The third kappa shape index (κ3) is 5.34. The van der Waals surface area contributed by atoms with E-state index in [0.717, 1.165) is 6.42 Å². The van der Waals surface area contributed by atoms with Crippen LogP contribution in [0.4, 0.5) is 4.79 Å². The number of carbonyl (C=O) groups is 3. The van der Waals surface area contributed by atoms with E-state index in [0.29, 0.717) is 32.2 Å². The van der Waals surface area contributed by atoms with Gasteiger partial charge in [0.2, 0.25) is 5.91 Å². The zero-order valence-electron chi connectivity index (χ0n) is 20.4. The van der Waals surface area contributed by atoms with E-state index in [1.165, 1.54) is 22.3 Å². The van der Waals surface area contributed by atoms with E-state index in [1.54, 1.807) is 6.92 Å². The molecule has 7 nitrogen and oxygen atoms in total. The van der Waals surface area contributed by atoms with E-state index >= 15 is 0 Å². The van der Waals surface area contributed by atoms with Crippen molar-refractivity contribution in [3.8, 4) is 11.1 Å². The second-order valence-electron chi connectivity index (χ2n) is 10.1. The molecule has 0 aromatic heterocycles. The van der Waals surface area contributed by atoms with Crippen LogP contribution in [0.5, 0.6) is 0 Å². The summed E-state index contributed by atoms with van der Waals surface area (Å²) in [4.78, 5) is 36.3. The second-order valence-corrected chi connectivity index (χ2v) is 10.1. The molecule has 0 radical (unpaired) electrons. The van der Waals surface area contributed by atoms with Crippen molar-refractivity contribution in [1.82, 2.24) is 10.6 Å². The van der Waals surface area contributed by atoms with Crippen LogP contribution in [0.2, 0.25) is 0 Å². The maximum absolute atomic E-state index is 12.4. The van der Waals surface area contributed by atoms with Crippen molar-refractivity contribution in [2.45, 2.75) is 57.9 Å². The molecule has 2 aromatic rings. The number of hydrogen-bond donors (Lipinski definition) is 3. The maximum atomic E-state index is 12.4. The van der Waals surface area contributed by atoms with Crippen LogP contribution < -0.4 is 10.6 Å². The standard InChI is InChI=1S/C28H34N2O5/c1-18(13-14-25(31)30-24-12-7-15-28(24,2)26(32)33)16-29-27(34)35-17-23-21-10-5-3-8-19(21)20-9-4-6-11-22(20)23/h3-6,8-11,18,23-24H,7,12-17H2,1-2H3,(H,29,34)(H,30,31)(H,32,33). The minimum absolute atomic E-state index is 0.0151. The number of carboxylic acid groups (broad SMARTS) is 1. The summed E-state index contributed by atoms with van der Waals surface area (Å²) in [5, 5.41) is 15.2. The normalized spacial score (nSPS) is 21.6. The molecule has 2 aliphatic rings. The van der Waals surface area contributed by atoms with Crippen molar-refractivity contribution in [2.75, 3.05) is 13.2 Å². The summed E-state index contributed by atoms with van der Waals surface area (Å²) >= 11 is 0. The molecule has 2 amide bonds. The van der Waals surface area contributed by atoms with Crippen LogP contribution in [0.25, 0.3) is 11.1 Å². The SMILES string of the molecule is CC(CCC(=O)NC1CCCC1(C)C(=O)O)CNC(=O)OCC1c2ccccc2-c2ccccc21. The lowest BCUT2D eigenvalue weighted by Gasteiger charge is -2.27. The molecule has 4 rings (SSSR count). The fourth-order valence-corrected chi connectivity index (χ4v) is 5.31. The van der Waals surface area contributed by atoms with Crippen molar-refractivity contribution in [2.24, 2.45) is 11.3 Å². The Hall–Kier alpha value is -3.35. The zero-order valence-corrected chi connectivity index (χ0v) is 20.4. The summed E-state index contributed by atoms with van der Waals surface area (Å²) in [6.07, 6.45) is 2.48. The Morgan fingerprint density at radius 1 is 1.09 bits per heavy atom. The highest BCUT2D eigenvalue weighted by molar-refractivity contribution is 5.80. The van der Waals surface area contributed by atoms with Gasteiger partial charge in [0.15, 0.2) is 0 Å². The van der Waals surface area contributed by atoms with Crippen molar-refractivity contribution in [3.05, 3.63) is 59.7 Å². The van der Waals surface area contributed by atoms with Crippen LogP contribution in [-0.4, -0.2) is 42.3 Å². The van der Waals surface area contributed by atoms with Gasteiger partial charge in [0, 0.05) is 24.9 Å². The van der Waals surface area contributed by atoms with Gasteiger partial charge in [-0.15, -0.1) is 0 Å². The summed E-state index contributed by atoms with van der Waals surface area (Å²) in [6.45, 7) is 4.34. The molecule has 0 saturated heterocycles. The van der Waals surface area contributed by atoms with E-state index in [1.807, 2.05) is 31.2 Å². The Labute approximate surface area is 206 Å². The number of carboxylic acids is 1. The van der Waals surface area contributed by atoms with Crippen molar-refractivity contribution in [1.29, 1.82) is 0 Å². The van der Waals surface area contributed by atoms with Gasteiger partial charge in [0.25, 0.3) is 0 Å². The van der Waals surface area contributed by atoms with Crippen molar-refractivity contribution < 1.29 is 24.2 Å². The number of fused-ring (bicyclic) bond motifs is 3. The molecule has 0 bridgehead atoms. The zero-order chi connectivity index (χ0) is 25.0. The predicted octanol–water partition coefficient (Wildman–Crippen LogP) is 4.70. The Kier molecular flexibility index (Phi) is 7.43. The van der Waals surface area contributed by atoms with E-state index in [4.69, 9.17) is 4.74 Å². The molecule has 3 unspecified atom stereocenters. The van der Waals surface area contributed by atoms with Crippen LogP contribution in [0.1, 0.15) is 63.0 Å². The Morgan fingerprint density at radius 3 is 2.34 bits per heavy atom. The van der Waals surface area contributed by atoms with Gasteiger partial charge in [0.05, 0.1) is 5.41 Å². The summed E-state index contributed by atoms with van der Waals surface area (Å²) in [5.74, 6) is -0.907. The lowest BCUT2D eigenvalue weighted by atomic mass is 9.85. The van der Waals surface area contributed by atoms with Crippen LogP contribution >= 0.6 is 0 Å². The molecule has 2 aliphatic carbocycles.